The number of benzene rings is 3. The van der Waals surface area contributed by atoms with Crippen molar-refractivity contribution in [2.75, 3.05) is 33.3 Å². The minimum atomic E-state index is -0.237. The van der Waals surface area contributed by atoms with Crippen LogP contribution >= 0.6 is 0 Å². The van der Waals surface area contributed by atoms with E-state index >= 15 is 0 Å². The molecule has 6 rings (SSSR count). The van der Waals surface area contributed by atoms with Gasteiger partial charge in [0.2, 0.25) is 0 Å². The minimum absolute atomic E-state index is 0.237. The summed E-state index contributed by atoms with van der Waals surface area (Å²) in [6.07, 6.45) is 4.69. The van der Waals surface area contributed by atoms with Crippen LogP contribution in [0.4, 0.5) is 4.39 Å². The summed E-state index contributed by atoms with van der Waals surface area (Å²) >= 11 is 0. The fourth-order valence-corrected chi connectivity index (χ4v) is 6.07. The molecule has 4 aromatic rings. The highest BCUT2D eigenvalue weighted by Crippen LogP contribution is 2.36. The van der Waals surface area contributed by atoms with E-state index in [0.29, 0.717) is 18.1 Å². The number of rotatable bonds is 7. The van der Waals surface area contributed by atoms with Crippen molar-refractivity contribution in [1.29, 1.82) is 0 Å². The van der Waals surface area contributed by atoms with Crippen LogP contribution in [0, 0.1) is 18.7 Å². The van der Waals surface area contributed by atoms with Gasteiger partial charge in [0.1, 0.15) is 5.82 Å². The summed E-state index contributed by atoms with van der Waals surface area (Å²) in [5.41, 5.74) is 5.94. The summed E-state index contributed by atoms with van der Waals surface area (Å²) in [6.45, 7) is 7.47. The molecule has 2 heterocycles. The summed E-state index contributed by atoms with van der Waals surface area (Å²) in [5.74, 6) is 0.470. The van der Waals surface area contributed by atoms with Gasteiger partial charge in [-0.15, -0.1) is 0 Å². The summed E-state index contributed by atoms with van der Waals surface area (Å²) in [5, 5.41) is 5.78. The maximum atomic E-state index is 13.5. The third-order valence-corrected chi connectivity index (χ3v) is 8.23. The summed E-state index contributed by atoms with van der Waals surface area (Å²) < 4.78 is 21.0. The van der Waals surface area contributed by atoms with Gasteiger partial charge in [-0.05, 0) is 78.8 Å². The van der Waals surface area contributed by atoms with Gasteiger partial charge in [0, 0.05) is 51.3 Å². The van der Waals surface area contributed by atoms with E-state index in [-0.39, 0.29) is 5.82 Å². The Kier molecular flexibility index (Phi) is 6.80. The molecule has 1 aliphatic heterocycles. The van der Waals surface area contributed by atoms with Gasteiger partial charge in [0.25, 0.3) is 0 Å². The van der Waals surface area contributed by atoms with Crippen LogP contribution in [0.25, 0.3) is 16.6 Å². The third kappa shape index (κ3) is 5.06. The molecular weight excluding hydrogens is 463 g/mol. The highest BCUT2D eigenvalue weighted by atomic mass is 19.1. The molecule has 0 radical (unpaired) electrons. The first-order valence-corrected chi connectivity index (χ1v) is 13.3. The molecule has 3 aromatic carbocycles. The average molecular weight is 499 g/mol. The predicted molar refractivity (Wildman–Crippen MR) is 145 cm³/mol. The molecule has 0 N–H and O–H groups in total. The number of fused-ring (bicyclic) bond motifs is 1. The topological polar surface area (TPSA) is 33.5 Å². The van der Waals surface area contributed by atoms with Crippen LogP contribution in [0.5, 0.6) is 0 Å². The van der Waals surface area contributed by atoms with Crippen molar-refractivity contribution in [2.24, 2.45) is 5.92 Å². The molecular formula is C31H35FN4O. The molecule has 1 atom stereocenters. The van der Waals surface area contributed by atoms with E-state index in [4.69, 9.17) is 4.74 Å². The number of aromatic nitrogens is 2. The number of ether oxygens (including phenoxy) is 1. The van der Waals surface area contributed by atoms with Crippen molar-refractivity contribution < 1.29 is 9.13 Å². The number of hydrogen-bond donors (Lipinski definition) is 0. The van der Waals surface area contributed by atoms with Crippen LogP contribution < -0.4 is 0 Å². The quantitative estimate of drug-likeness (QED) is 0.325. The first-order chi connectivity index (χ1) is 18.1. The van der Waals surface area contributed by atoms with E-state index < -0.39 is 0 Å². The molecule has 1 aromatic heterocycles. The number of hydrogen-bond acceptors (Lipinski definition) is 4. The van der Waals surface area contributed by atoms with E-state index in [1.54, 1.807) is 12.1 Å². The smallest absolute Gasteiger partial charge is 0.123 e. The van der Waals surface area contributed by atoms with Gasteiger partial charge in [-0.25, -0.2) is 9.07 Å². The molecule has 192 valence electrons. The summed E-state index contributed by atoms with van der Waals surface area (Å²) in [6, 6.07) is 22.2. The molecule has 1 saturated heterocycles. The lowest BCUT2D eigenvalue weighted by atomic mass is 9.81. The van der Waals surface area contributed by atoms with Gasteiger partial charge in [-0.2, -0.15) is 5.10 Å². The molecule has 2 fully saturated rings. The molecule has 1 saturated carbocycles. The zero-order valence-electron chi connectivity index (χ0n) is 21.7. The van der Waals surface area contributed by atoms with Gasteiger partial charge in [0.15, 0.2) is 0 Å². The Bertz CT molecular complexity index is 1350. The second-order valence-electron chi connectivity index (χ2n) is 10.7. The van der Waals surface area contributed by atoms with Crippen molar-refractivity contribution in [3.05, 3.63) is 95.4 Å². The Morgan fingerprint density at radius 1 is 1.00 bits per heavy atom. The highest BCUT2D eigenvalue weighted by Gasteiger charge is 2.35. The van der Waals surface area contributed by atoms with Gasteiger partial charge < -0.3 is 4.74 Å². The second kappa shape index (κ2) is 10.4. The normalized spacial score (nSPS) is 22.8. The molecule has 1 unspecified atom stereocenters. The van der Waals surface area contributed by atoms with Crippen LogP contribution in [-0.4, -0.2) is 59.0 Å². The molecule has 6 heteroatoms. The van der Waals surface area contributed by atoms with Gasteiger partial charge in [0.05, 0.1) is 23.5 Å². The minimum Gasteiger partial charge on any atom is -0.381 e. The first kappa shape index (κ1) is 24.3. The van der Waals surface area contributed by atoms with Gasteiger partial charge in [-0.1, -0.05) is 30.3 Å². The molecule has 1 aliphatic carbocycles. The van der Waals surface area contributed by atoms with E-state index in [2.05, 4.69) is 64.3 Å². The monoisotopic (exact) mass is 498 g/mol. The van der Waals surface area contributed by atoms with Gasteiger partial charge in [-0.3, -0.25) is 9.80 Å². The summed E-state index contributed by atoms with van der Waals surface area (Å²) in [7, 11) is 1.83. The Labute approximate surface area is 218 Å². The van der Waals surface area contributed by atoms with Crippen molar-refractivity contribution >= 4 is 10.9 Å². The lowest BCUT2D eigenvalue weighted by Crippen LogP contribution is -2.51. The molecule has 5 nitrogen and oxygen atoms in total. The molecule has 0 bridgehead atoms. The van der Waals surface area contributed by atoms with E-state index in [0.717, 1.165) is 62.2 Å². The highest BCUT2D eigenvalue weighted by molar-refractivity contribution is 5.82. The molecule has 37 heavy (non-hydrogen) atoms. The number of nitrogens with zero attached hydrogens (tertiary/aromatic N) is 4. The average Bonchev–Trinajstić information content (AvgIpc) is 3.29. The molecule has 0 spiro atoms. The summed E-state index contributed by atoms with van der Waals surface area (Å²) in [4.78, 5) is 5.30. The van der Waals surface area contributed by atoms with Crippen LogP contribution in [-0.2, 0) is 11.3 Å². The molecule has 2 aliphatic rings. The first-order valence-electron chi connectivity index (χ1n) is 13.3. The van der Waals surface area contributed by atoms with Crippen LogP contribution in [0.1, 0.15) is 35.6 Å². The van der Waals surface area contributed by atoms with Gasteiger partial charge >= 0.3 is 0 Å². The fraction of sp³-hybridized carbons (Fsp3) is 0.387. The number of aryl methyl sites for hydroxylation is 1. The van der Waals surface area contributed by atoms with Crippen molar-refractivity contribution in [2.45, 2.75) is 38.5 Å². The zero-order valence-corrected chi connectivity index (χ0v) is 21.7. The van der Waals surface area contributed by atoms with Crippen molar-refractivity contribution in [3.63, 3.8) is 0 Å². The lowest BCUT2D eigenvalue weighted by Gasteiger charge is -2.46. The third-order valence-electron chi connectivity index (χ3n) is 8.23. The second-order valence-corrected chi connectivity index (χ2v) is 10.7. The van der Waals surface area contributed by atoms with Crippen LogP contribution in [0.15, 0.2) is 72.9 Å². The largest absolute Gasteiger partial charge is 0.381 e. The number of piperazine rings is 1. The Morgan fingerprint density at radius 3 is 2.54 bits per heavy atom. The Balaban J connectivity index is 1.30. The van der Waals surface area contributed by atoms with Crippen LogP contribution in [0.2, 0.25) is 0 Å². The van der Waals surface area contributed by atoms with Crippen LogP contribution in [0.3, 0.4) is 0 Å². The zero-order chi connectivity index (χ0) is 25.4. The molecule has 0 amide bonds. The maximum absolute atomic E-state index is 13.5. The van der Waals surface area contributed by atoms with Crippen molar-refractivity contribution in [3.8, 4) is 5.69 Å². The van der Waals surface area contributed by atoms with E-state index in [1.807, 2.05) is 18.0 Å². The van der Waals surface area contributed by atoms with Crippen molar-refractivity contribution in [1.82, 2.24) is 19.6 Å². The van der Waals surface area contributed by atoms with E-state index in [9.17, 15) is 4.39 Å². The fourth-order valence-electron chi connectivity index (χ4n) is 6.07. The van der Waals surface area contributed by atoms with E-state index in [1.165, 1.54) is 28.8 Å². The number of methoxy groups -OCH3 is 1. The SMILES string of the molecule is COC1CC(CN2CCN(Cc3ccccc3)CC2c2cc3cnn(-c4ccc(F)cc4)c3cc2C)C1. The lowest BCUT2D eigenvalue weighted by molar-refractivity contribution is -0.0271. The number of halogens is 1. The standard InChI is InChI=1S/C31H35FN4O/c1-22-14-30-25(18-33-36(30)27-10-8-26(32)9-11-27)17-29(22)31-21-34(19-23-6-4-3-5-7-23)12-13-35(31)20-24-15-28(16-24)37-2/h3-11,14,17-18,24,28,31H,12-13,15-16,19-21H2,1-2H3. The Morgan fingerprint density at radius 2 is 1.78 bits per heavy atom. The predicted octanol–water partition coefficient (Wildman–Crippen LogP) is 5.76. The Hall–Kier alpha value is -3.06. The maximum Gasteiger partial charge on any atom is 0.123 e.